The number of rotatable bonds is 4. The van der Waals surface area contributed by atoms with Crippen LogP contribution in [-0.4, -0.2) is 42.4 Å². The van der Waals surface area contributed by atoms with E-state index >= 15 is 0 Å². The molecule has 6 nitrogen and oxygen atoms in total. The Kier molecular flexibility index (Phi) is 3.78. The summed E-state index contributed by atoms with van der Waals surface area (Å²) in [7, 11) is 3.23. The molecule has 0 bridgehead atoms. The van der Waals surface area contributed by atoms with Crippen LogP contribution in [0.1, 0.15) is 20.3 Å². The zero-order chi connectivity index (χ0) is 15.7. The molecule has 1 N–H and O–H groups in total. The highest BCUT2D eigenvalue weighted by molar-refractivity contribution is 5.94. The van der Waals surface area contributed by atoms with E-state index in [0.29, 0.717) is 11.5 Å². The lowest BCUT2D eigenvalue weighted by atomic mass is 9.99. The summed E-state index contributed by atoms with van der Waals surface area (Å²) in [5.41, 5.74) is 0.518. The monoisotopic (exact) mass is 303 g/mol. The predicted molar refractivity (Wildman–Crippen MR) is 84.7 cm³/mol. The normalized spacial score (nSPS) is 20.1. The van der Waals surface area contributed by atoms with Gasteiger partial charge in [-0.05, 0) is 32.4 Å². The van der Waals surface area contributed by atoms with Crippen LogP contribution in [0, 0.1) is 0 Å². The Bertz CT molecular complexity index is 688. The Morgan fingerprint density at radius 2 is 2.05 bits per heavy atom. The highest BCUT2D eigenvalue weighted by Gasteiger charge is 2.36. The van der Waals surface area contributed by atoms with Gasteiger partial charge in [0.15, 0.2) is 11.5 Å². The highest BCUT2D eigenvalue weighted by Crippen LogP contribution is 2.37. The molecule has 2 aromatic rings. The van der Waals surface area contributed by atoms with Gasteiger partial charge in [0.25, 0.3) is 0 Å². The van der Waals surface area contributed by atoms with Gasteiger partial charge in [-0.1, -0.05) is 0 Å². The van der Waals surface area contributed by atoms with Gasteiger partial charge in [-0.2, -0.15) is 0 Å². The maximum Gasteiger partial charge on any atom is 0.187 e. The number of nitrogens with zero attached hydrogens (tertiary/aromatic N) is 2. The van der Waals surface area contributed by atoms with Crippen molar-refractivity contribution >= 4 is 16.7 Å². The number of hydrogen-bond donors (Lipinski definition) is 1. The molecule has 1 aromatic carbocycles. The van der Waals surface area contributed by atoms with Crippen molar-refractivity contribution < 1.29 is 14.2 Å². The lowest BCUT2D eigenvalue weighted by Crippen LogP contribution is -2.38. The second kappa shape index (κ2) is 5.61. The molecule has 3 rings (SSSR count). The SMILES string of the molecule is COc1ccc2c(NC3CCOC3(C)C)ncnc2c1OC. The van der Waals surface area contributed by atoms with Crippen molar-refractivity contribution in [2.24, 2.45) is 0 Å². The second-order valence-corrected chi connectivity index (χ2v) is 5.86. The topological polar surface area (TPSA) is 65.5 Å². The zero-order valence-electron chi connectivity index (χ0n) is 13.3. The summed E-state index contributed by atoms with van der Waals surface area (Å²) < 4.78 is 16.5. The smallest absolute Gasteiger partial charge is 0.187 e. The molecule has 0 spiro atoms. The second-order valence-electron chi connectivity index (χ2n) is 5.86. The quantitative estimate of drug-likeness (QED) is 0.936. The van der Waals surface area contributed by atoms with E-state index in [4.69, 9.17) is 14.2 Å². The third kappa shape index (κ3) is 2.43. The maximum absolute atomic E-state index is 5.77. The predicted octanol–water partition coefficient (Wildman–Crippen LogP) is 2.63. The van der Waals surface area contributed by atoms with Crippen LogP contribution in [0.25, 0.3) is 10.9 Å². The van der Waals surface area contributed by atoms with E-state index in [1.54, 1.807) is 14.2 Å². The van der Waals surface area contributed by atoms with Crippen molar-refractivity contribution in [2.75, 3.05) is 26.1 Å². The van der Waals surface area contributed by atoms with Gasteiger partial charge in [-0.15, -0.1) is 0 Å². The third-order valence-corrected chi connectivity index (χ3v) is 4.18. The Balaban J connectivity index is 2.04. The van der Waals surface area contributed by atoms with Gasteiger partial charge in [0.2, 0.25) is 0 Å². The Morgan fingerprint density at radius 3 is 2.68 bits per heavy atom. The molecule has 118 valence electrons. The van der Waals surface area contributed by atoms with Crippen LogP contribution in [-0.2, 0) is 4.74 Å². The van der Waals surface area contributed by atoms with E-state index in [0.717, 1.165) is 29.7 Å². The summed E-state index contributed by atoms with van der Waals surface area (Å²) >= 11 is 0. The minimum Gasteiger partial charge on any atom is -0.493 e. The van der Waals surface area contributed by atoms with Gasteiger partial charge < -0.3 is 19.5 Å². The molecule has 0 radical (unpaired) electrons. The molecule has 1 aliphatic heterocycles. The minimum atomic E-state index is -0.214. The molecular weight excluding hydrogens is 282 g/mol. The fourth-order valence-electron chi connectivity index (χ4n) is 2.86. The van der Waals surface area contributed by atoms with Crippen LogP contribution in [0.15, 0.2) is 18.5 Å². The number of methoxy groups -OCH3 is 2. The first kappa shape index (κ1) is 14.8. The average molecular weight is 303 g/mol. The molecular formula is C16H21N3O3. The largest absolute Gasteiger partial charge is 0.493 e. The lowest BCUT2D eigenvalue weighted by Gasteiger charge is -2.27. The minimum absolute atomic E-state index is 0.207. The van der Waals surface area contributed by atoms with E-state index in [1.807, 2.05) is 12.1 Å². The Morgan fingerprint density at radius 1 is 1.23 bits per heavy atom. The summed E-state index contributed by atoms with van der Waals surface area (Å²) in [6, 6.07) is 4.02. The van der Waals surface area contributed by atoms with Gasteiger partial charge in [0.1, 0.15) is 17.7 Å². The van der Waals surface area contributed by atoms with Gasteiger partial charge in [0.05, 0.1) is 25.9 Å². The number of nitrogens with one attached hydrogen (secondary N) is 1. The van der Waals surface area contributed by atoms with E-state index in [1.165, 1.54) is 6.33 Å². The summed E-state index contributed by atoms with van der Waals surface area (Å²) in [5, 5.41) is 4.40. The molecule has 22 heavy (non-hydrogen) atoms. The van der Waals surface area contributed by atoms with Crippen molar-refractivity contribution in [3.8, 4) is 11.5 Å². The van der Waals surface area contributed by atoms with Crippen LogP contribution in [0.4, 0.5) is 5.82 Å². The van der Waals surface area contributed by atoms with Gasteiger partial charge in [-0.25, -0.2) is 9.97 Å². The zero-order valence-corrected chi connectivity index (χ0v) is 13.3. The first-order valence-electron chi connectivity index (χ1n) is 7.33. The molecule has 6 heteroatoms. The van der Waals surface area contributed by atoms with Crippen LogP contribution >= 0.6 is 0 Å². The standard InChI is InChI=1S/C16H21N3O3/c1-16(2)12(7-8-22-16)19-15-10-5-6-11(20-3)14(21-4)13(10)17-9-18-15/h5-6,9,12H,7-8H2,1-4H3,(H,17,18,19). The van der Waals surface area contributed by atoms with Crippen molar-refractivity contribution in [3.63, 3.8) is 0 Å². The number of hydrogen-bond acceptors (Lipinski definition) is 6. The lowest BCUT2D eigenvalue weighted by molar-refractivity contribution is 0.0314. The number of anilines is 1. The molecule has 0 amide bonds. The fourth-order valence-corrected chi connectivity index (χ4v) is 2.86. The van der Waals surface area contributed by atoms with Crippen LogP contribution in [0.5, 0.6) is 11.5 Å². The Labute approximate surface area is 129 Å². The number of fused-ring (bicyclic) bond motifs is 1. The fraction of sp³-hybridized carbons (Fsp3) is 0.500. The first-order chi connectivity index (χ1) is 10.6. The summed E-state index contributed by atoms with van der Waals surface area (Å²) in [6.07, 6.45) is 2.49. The van der Waals surface area contributed by atoms with Crippen molar-refractivity contribution in [2.45, 2.75) is 31.9 Å². The molecule has 1 aromatic heterocycles. The number of ether oxygens (including phenoxy) is 3. The molecule has 0 aliphatic carbocycles. The molecule has 1 saturated heterocycles. The van der Waals surface area contributed by atoms with E-state index in [9.17, 15) is 0 Å². The summed E-state index contributed by atoms with van der Waals surface area (Å²) in [5.74, 6) is 2.06. The van der Waals surface area contributed by atoms with Crippen LogP contribution in [0.2, 0.25) is 0 Å². The Hall–Kier alpha value is -2.08. The molecule has 1 atom stereocenters. The van der Waals surface area contributed by atoms with E-state index in [2.05, 4.69) is 29.1 Å². The third-order valence-electron chi connectivity index (χ3n) is 4.18. The van der Waals surface area contributed by atoms with Crippen molar-refractivity contribution in [3.05, 3.63) is 18.5 Å². The average Bonchev–Trinajstić information content (AvgIpc) is 2.85. The van der Waals surface area contributed by atoms with Gasteiger partial charge >= 0.3 is 0 Å². The van der Waals surface area contributed by atoms with Gasteiger partial charge in [-0.3, -0.25) is 0 Å². The van der Waals surface area contributed by atoms with E-state index in [-0.39, 0.29) is 11.6 Å². The molecule has 1 fully saturated rings. The van der Waals surface area contributed by atoms with Crippen molar-refractivity contribution in [1.82, 2.24) is 9.97 Å². The highest BCUT2D eigenvalue weighted by atomic mass is 16.5. The summed E-state index contributed by atoms with van der Waals surface area (Å²) in [6.45, 7) is 4.93. The first-order valence-corrected chi connectivity index (χ1v) is 7.33. The van der Waals surface area contributed by atoms with Gasteiger partial charge in [0, 0.05) is 12.0 Å². The van der Waals surface area contributed by atoms with Crippen LogP contribution < -0.4 is 14.8 Å². The molecule has 2 heterocycles. The number of benzene rings is 1. The molecule has 1 unspecified atom stereocenters. The summed E-state index contributed by atoms with van der Waals surface area (Å²) in [4.78, 5) is 8.74. The van der Waals surface area contributed by atoms with E-state index < -0.39 is 0 Å². The number of aromatic nitrogens is 2. The molecule has 1 aliphatic rings. The maximum atomic E-state index is 5.77. The van der Waals surface area contributed by atoms with Crippen LogP contribution in [0.3, 0.4) is 0 Å². The molecule has 0 saturated carbocycles. The van der Waals surface area contributed by atoms with Crippen molar-refractivity contribution in [1.29, 1.82) is 0 Å².